The molecule has 1 aliphatic heterocycles. The number of pyridine rings is 1. The van der Waals surface area contributed by atoms with Gasteiger partial charge in [-0.05, 0) is 56.6 Å². The first-order chi connectivity index (χ1) is 19.9. The van der Waals surface area contributed by atoms with Gasteiger partial charge in [0.2, 0.25) is 5.91 Å². The number of hydrogen-bond donors (Lipinski definition) is 3. The van der Waals surface area contributed by atoms with Crippen LogP contribution in [0.3, 0.4) is 0 Å². The number of carbonyl (C=O) groups excluding carboxylic acids is 1. The number of aromatic nitrogens is 3. The molecule has 2 aromatic heterocycles. The number of nitrogens with two attached hydrogens (primary N) is 1. The first kappa shape index (κ1) is 25.9. The van der Waals surface area contributed by atoms with Gasteiger partial charge in [-0.2, -0.15) is 5.10 Å². The summed E-state index contributed by atoms with van der Waals surface area (Å²) >= 11 is 0. The molecule has 0 aliphatic carbocycles. The maximum atomic E-state index is 13.1. The number of rotatable bonds is 7. The number of H-pyrrole nitrogens is 1. The Labute approximate surface area is 235 Å². The first-order valence-electron chi connectivity index (χ1n) is 13.0. The molecule has 0 bridgehead atoms. The minimum Gasteiger partial charge on any atom is -0.485 e. The van der Waals surface area contributed by atoms with Crippen molar-refractivity contribution in [3.63, 3.8) is 0 Å². The third-order valence-corrected chi connectivity index (χ3v) is 6.65. The Balaban J connectivity index is 1.38. The molecule has 0 radical (unpaired) electrons. The lowest BCUT2D eigenvalue weighted by Crippen LogP contribution is -2.18. The second kappa shape index (κ2) is 10.7. The van der Waals surface area contributed by atoms with Crippen LogP contribution in [-0.2, 0) is 11.4 Å². The van der Waals surface area contributed by atoms with Gasteiger partial charge >= 0.3 is 0 Å². The normalized spacial score (nSPS) is 12.3. The number of amides is 1. The van der Waals surface area contributed by atoms with Crippen LogP contribution < -0.4 is 26.1 Å². The van der Waals surface area contributed by atoms with Crippen molar-refractivity contribution in [1.29, 1.82) is 0 Å². The molecule has 0 spiro atoms. The molecule has 10 heteroatoms. The van der Waals surface area contributed by atoms with E-state index in [0.717, 1.165) is 5.75 Å². The Morgan fingerprint density at radius 1 is 1.10 bits per heavy atom. The Kier molecular flexibility index (Phi) is 6.74. The molecule has 41 heavy (non-hydrogen) atoms. The van der Waals surface area contributed by atoms with E-state index in [-0.39, 0.29) is 29.3 Å². The van der Waals surface area contributed by atoms with Gasteiger partial charge in [-0.1, -0.05) is 36.4 Å². The molecule has 4 N–H and O–H groups in total. The molecular weight excluding hydrogens is 520 g/mol. The van der Waals surface area contributed by atoms with E-state index in [1.165, 1.54) is 6.08 Å². The van der Waals surface area contributed by atoms with E-state index >= 15 is 0 Å². The molecule has 0 atom stereocenters. The van der Waals surface area contributed by atoms with Gasteiger partial charge < -0.3 is 30.4 Å². The van der Waals surface area contributed by atoms with Crippen molar-refractivity contribution >= 4 is 28.3 Å². The second-order valence-electron chi connectivity index (χ2n) is 9.86. The number of nitrogens with one attached hydrogen (secondary N) is 2. The van der Waals surface area contributed by atoms with Crippen molar-refractivity contribution < 1.29 is 14.3 Å². The number of anilines is 2. The fourth-order valence-electron chi connectivity index (χ4n) is 4.79. The maximum absolute atomic E-state index is 13.1. The maximum Gasteiger partial charge on any atom is 0.261 e. The molecule has 0 fully saturated rings. The lowest BCUT2D eigenvalue weighted by Gasteiger charge is -2.23. The summed E-state index contributed by atoms with van der Waals surface area (Å²) < 4.78 is 13.5. The van der Waals surface area contributed by atoms with Crippen LogP contribution in [0.15, 0.2) is 89.7 Å². The standard InChI is InChI=1S/C31H28N6O4/c1-36(2)17-7-12-25(38)33-23-11-6-10-22-26-24(18-40-29(22)23)34-31(39)27-28(26)35-37(30(27)32)19-13-15-21(16-14-19)41-20-8-4-3-5-9-20/h3-16H,17-18,32H2,1-2H3,(H,33,38)(H,34,39)/b12-7+. The number of likely N-dealkylation sites (N-methyl/N-ethyl adjacent to an activating group) is 1. The van der Waals surface area contributed by atoms with Crippen molar-refractivity contribution in [3.8, 4) is 34.1 Å². The molecule has 1 aliphatic rings. The molecule has 206 valence electrons. The predicted molar refractivity (Wildman–Crippen MR) is 159 cm³/mol. The molecular formula is C31H28N6O4. The van der Waals surface area contributed by atoms with Gasteiger partial charge in [-0.15, -0.1) is 0 Å². The van der Waals surface area contributed by atoms with Crippen LogP contribution in [0, 0.1) is 0 Å². The van der Waals surface area contributed by atoms with Crippen molar-refractivity contribution in [2.45, 2.75) is 6.61 Å². The summed E-state index contributed by atoms with van der Waals surface area (Å²) in [5.74, 6) is 1.82. The van der Waals surface area contributed by atoms with E-state index in [9.17, 15) is 9.59 Å². The molecule has 5 aromatic rings. The third kappa shape index (κ3) is 5.04. The highest BCUT2D eigenvalue weighted by molar-refractivity contribution is 6.05. The van der Waals surface area contributed by atoms with Crippen LogP contribution in [0.5, 0.6) is 17.2 Å². The van der Waals surface area contributed by atoms with Crippen molar-refractivity contribution in [2.24, 2.45) is 0 Å². The van der Waals surface area contributed by atoms with Crippen LogP contribution in [0.2, 0.25) is 0 Å². The number of carbonyl (C=O) groups is 1. The molecule has 0 saturated carbocycles. The predicted octanol–water partition coefficient (Wildman–Crippen LogP) is 4.70. The van der Waals surface area contributed by atoms with Crippen LogP contribution >= 0.6 is 0 Å². The van der Waals surface area contributed by atoms with Crippen molar-refractivity contribution in [2.75, 3.05) is 31.7 Å². The van der Waals surface area contributed by atoms with E-state index < -0.39 is 0 Å². The third-order valence-electron chi connectivity index (χ3n) is 6.65. The Morgan fingerprint density at radius 2 is 1.85 bits per heavy atom. The fraction of sp³-hybridized carbons (Fsp3) is 0.129. The summed E-state index contributed by atoms with van der Waals surface area (Å²) in [6.45, 7) is 0.748. The van der Waals surface area contributed by atoms with Gasteiger partial charge in [0.05, 0.1) is 17.1 Å². The number of benzene rings is 3. The SMILES string of the molecule is CN(C)C/C=C/C(=O)Nc1cccc2c1OCc1[nH]c(=O)c3c(N)n(-c4ccc(Oc5ccccc5)cc4)nc3c1-2. The molecule has 1 amide bonds. The number of ether oxygens (including phenoxy) is 2. The average molecular weight is 549 g/mol. The minimum absolute atomic E-state index is 0.106. The van der Waals surface area contributed by atoms with E-state index in [1.54, 1.807) is 16.8 Å². The molecule has 3 aromatic carbocycles. The van der Waals surface area contributed by atoms with Crippen LogP contribution in [0.1, 0.15) is 5.69 Å². The molecule has 10 nitrogen and oxygen atoms in total. The average Bonchev–Trinajstić information content (AvgIpc) is 3.31. The highest BCUT2D eigenvalue weighted by atomic mass is 16.5. The number of hydrogen-bond acceptors (Lipinski definition) is 7. The van der Waals surface area contributed by atoms with E-state index in [1.807, 2.05) is 85.7 Å². The Bertz CT molecular complexity index is 1840. The lowest BCUT2D eigenvalue weighted by atomic mass is 9.98. The summed E-state index contributed by atoms with van der Waals surface area (Å²) in [6.07, 6.45) is 3.27. The molecule has 6 rings (SSSR count). The summed E-state index contributed by atoms with van der Waals surface area (Å²) in [5, 5.41) is 7.96. The number of nitrogens with zero attached hydrogens (tertiary/aromatic N) is 3. The largest absolute Gasteiger partial charge is 0.485 e. The number of aromatic amines is 1. The number of fused-ring (bicyclic) bond motifs is 5. The fourth-order valence-corrected chi connectivity index (χ4v) is 4.79. The number of para-hydroxylation sites is 2. The van der Waals surface area contributed by atoms with E-state index in [0.29, 0.717) is 51.8 Å². The monoisotopic (exact) mass is 548 g/mol. The van der Waals surface area contributed by atoms with Gasteiger partial charge in [0, 0.05) is 23.7 Å². The summed E-state index contributed by atoms with van der Waals surface area (Å²) in [7, 11) is 3.85. The van der Waals surface area contributed by atoms with Gasteiger partial charge in [0.15, 0.2) is 5.75 Å². The van der Waals surface area contributed by atoms with E-state index in [4.69, 9.17) is 20.3 Å². The van der Waals surface area contributed by atoms with Gasteiger partial charge in [-0.25, -0.2) is 4.68 Å². The van der Waals surface area contributed by atoms with Crippen LogP contribution in [0.25, 0.3) is 27.7 Å². The van der Waals surface area contributed by atoms with Crippen molar-refractivity contribution in [1.82, 2.24) is 19.7 Å². The highest BCUT2D eigenvalue weighted by Crippen LogP contribution is 2.44. The smallest absolute Gasteiger partial charge is 0.261 e. The summed E-state index contributed by atoms with van der Waals surface area (Å²) in [6, 6.07) is 22.2. The zero-order valence-electron chi connectivity index (χ0n) is 22.5. The van der Waals surface area contributed by atoms with Crippen LogP contribution in [-0.4, -0.2) is 46.2 Å². The Morgan fingerprint density at radius 3 is 2.61 bits per heavy atom. The zero-order valence-corrected chi connectivity index (χ0v) is 22.5. The summed E-state index contributed by atoms with van der Waals surface area (Å²) in [4.78, 5) is 30.5. The Hall–Kier alpha value is -5.35. The van der Waals surface area contributed by atoms with Gasteiger partial charge in [0.25, 0.3) is 5.56 Å². The summed E-state index contributed by atoms with van der Waals surface area (Å²) in [5.41, 5.74) is 9.77. The highest BCUT2D eigenvalue weighted by Gasteiger charge is 2.28. The lowest BCUT2D eigenvalue weighted by molar-refractivity contribution is -0.111. The molecule has 0 saturated heterocycles. The number of nitrogen functional groups attached to an aromatic ring is 1. The molecule has 0 unspecified atom stereocenters. The quantitative estimate of drug-likeness (QED) is 0.252. The van der Waals surface area contributed by atoms with Gasteiger partial charge in [0.1, 0.15) is 34.8 Å². The zero-order chi connectivity index (χ0) is 28.5. The first-order valence-corrected chi connectivity index (χ1v) is 13.0. The minimum atomic E-state index is -0.353. The van der Waals surface area contributed by atoms with E-state index in [2.05, 4.69) is 10.3 Å². The van der Waals surface area contributed by atoms with Crippen molar-refractivity contribution in [3.05, 3.63) is 101 Å². The second-order valence-corrected chi connectivity index (χ2v) is 9.86. The van der Waals surface area contributed by atoms with Gasteiger partial charge in [-0.3, -0.25) is 9.59 Å². The van der Waals surface area contributed by atoms with Crippen LogP contribution in [0.4, 0.5) is 11.5 Å². The topological polar surface area (TPSA) is 128 Å². The molecule has 3 heterocycles.